The molecule has 1 unspecified atom stereocenters. The van der Waals surface area contributed by atoms with Gasteiger partial charge in [0.15, 0.2) is 22.0 Å². The molecule has 0 amide bonds. The van der Waals surface area contributed by atoms with Gasteiger partial charge in [-0.2, -0.15) is 4.98 Å². The van der Waals surface area contributed by atoms with E-state index >= 15 is 0 Å². The highest BCUT2D eigenvalue weighted by molar-refractivity contribution is 8.06. The molecule has 5 rings (SSSR count). The minimum Gasteiger partial charge on any atom is -0.449 e. The van der Waals surface area contributed by atoms with Crippen LogP contribution in [0.1, 0.15) is 6.92 Å². The minimum absolute atomic E-state index is 0.120. The number of nitrogens with zero attached hydrogens (tertiary/aromatic N) is 1. The van der Waals surface area contributed by atoms with E-state index in [2.05, 4.69) is 4.98 Å². The van der Waals surface area contributed by atoms with Crippen LogP contribution < -0.4 is 21.8 Å². The lowest BCUT2D eigenvalue weighted by atomic mass is 10.4. The summed E-state index contributed by atoms with van der Waals surface area (Å²) in [5.74, 6) is 1.46. The molecule has 0 aromatic carbocycles. The van der Waals surface area contributed by atoms with E-state index in [9.17, 15) is 4.57 Å². The van der Waals surface area contributed by atoms with Crippen molar-refractivity contribution in [2.45, 2.75) is 12.0 Å². The minimum atomic E-state index is -2.19. The van der Waals surface area contributed by atoms with Crippen LogP contribution >= 0.6 is 18.9 Å². The first-order chi connectivity index (χ1) is 7.67. The van der Waals surface area contributed by atoms with Crippen LogP contribution in [0, 0.1) is 0 Å². The number of oxazole rings is 1. The van der Waals surface area contributed by atoms with Gasteiger partial charge in [-0.05, 0) is 5.75 Å². The maximum absolute atomic E-state index is 11.8. The van der Waals surface area contributed by atoms with Gasteiger partial charge in [-0.3, -0.25) is 0 Å². The van der Waals surface area contributed by atoms with Gasteiger partial charge in [0.1, 0.15) is 0 Å². The Morgan fingerprint density at radius 1 is 1.44 bits per heavy atom. The molecule has 2 aromatic rings. The Kier molecular flexibility index (Phi) is 1.35. The summed E-state index contributed by atoms with van der Waals surface area (Å²) in [6.45, 7) is 2.01. The lowest BCUT2D eigenvalue weighted by Crippen LogP contribution is -1.96. The average Bonchev–Trinajstić information content (AvgIpc) is 2.80. The lowest BCUT2D eigenvalue weighted by Gasteiger charge is -1.93. The van der Waals surface area contributed by atoms with E-state index in [0.717, 1.165) is 16.4 Å². The molecule has 2 aromatic heterocycles. The molecule has 2 bridgehead atoms. The van der Waals surface area contributed by atoms with Crippen LogP contribution in [0.25, 0.3) is 11.5 Å². The Hall–Kier alpha value is -1.13. The monoisotopic (exact) mass is 254 g/mol. The molecule has 5 nitrogen and oxygen atoms in total. The van der Waals surface area contributed by atoms with Crippen molar-refractivity contribution in [3.63, 3.8) is 0 Å². The van der Waals surface area contributed by atoms with Gasteiger partial charge in [0.2, 0.25) is 7.14 Å². The van der Waals surface area contributed by atoms with Crippen LogP contribution in [0.5, 0.6) is 0 Å². The average molecular weight is 254 g/mol. The van der Waals surface area contributed by atoms with Crippen molar-refractivity contribution in [3.8, 4) is 11.5 Å². The summed E-state index contributed by atoms with van der Waals surface area (Å²) in [7, 11) is -2.19. The maximum atomic E-state index is 11.8. The Balaban J connectivity index is 1.87. The molecule has 7 heteroatoms. The second-order valence-electron chi connectivity index (χ2n) is 3.66. The number of nitrogens with two attached hydrogens (primary N) is 1. The Labute approximate surface area is 94.8 Å². The van der Waals surface area contributed by atoms with Crippen molar-refractivity contribution in [1.82, 2.24) is 4.98 Å². The fourth-order valence-corrected chi connectivity index (χ4v) is 5.12. The first kappa shape index (κ1) is 8.96. The number of furan rings is 1. The molecule has 16 heavy (non-hydrogen) atoms. The third-order valence-corrected chi connectivity index (χ3v) is 6.14. The fourth-order valence-electron chi connectivity index (χ4n) is 1.95. The van der Waals surface area contributed by atoms with E-state index in [1.165, 1.54) is 11.8 Å². The zero-order valence-corrected chi connectivity index (χ0v) is 10.0. The van der Waals surface area contributed by atoms with Gasteiger partial charge in [0.25, 0.3) is 6.01 Å². The molecule has 0 saturated heterocycles. The third-order valence-electron chi connectivity index (χ3n) is 2.76. The Morgan fingerprint density at radius 3 is 2.75 bits per heavy atom. The van der Waals surface area contributed by atoms with Crippen molar-refractivity contribution < 1.29 is 13.4 Å². The van der Waals surface area contributed by atoms with Gasteiger partial charge >= 0.3 is 0 Å². The van der Waals surface area contributed by atoms with Gasteiger partial charge < -0.3 is 19.1 Å². The largest absolute Gasteiger partial charge is 0.449 e. The molecule has 0 aliphatic carbocycles. The zero-order chi connectivity index (χ0) is 11.1. The van der Waals surface area contributed by atoms with E-state index in [-0.39, 0.29) is 6.01 Å². The molecule has 0 radical (unpaired) electrons. The van der Waals surface area contributed by atoms with Gasteiger partial charge in [0.05, 0.1) is 10.6 Å². The second-order valence-corrected chi connectivity index (χ2v) is 7.42. The Bertz CT molecular complexity index is 678. The quantitative estimate of drug-likeness (QED) is 0.432. The summed E-state index contributed by atoms with van der Waals surface area (Å²) >= 11 is 1.51. The van der Waals surface area contributed by atoms with Crippen molar-refractivity contribution in [1.29, 1.82) is 0 Å². The van der Waals surface area contributed by atoms with E-state index in [1.54, 1.807) is 0 Å². The molecule has 0 fully saturated rings. The number of hydrogen-bond donors (Lipinski definition) is 1. The normalized spacial score (nSPS) is 23.3. The van der Waals surface area contributed by atoms with Crippen molar-refractivity contribution in [2.24, 2.45) is 0 Å². The summed E-state index contributed by atoms with van der Waals surface area (Å²) < 4.78 is 22.6. The molecule has 0 saturated carbocycles. The van der Waals surface area contributed by atoms with Gasteiger partial charge in [-0.1, -0.05) is 18.7 Å². The van der Waals surface area contributed by atoms with E-state index < -0.39 is 7.14 Å². The van der Waals surface area contributed by atoms with Crippen LogP contribution in [0.3, 0.4) is 0 Å². The number of anilines is 1. The van der Waals surface area contributed by atoms with Crippen molar-refractivity contribution in [3.05, 3.63) is 0 Å². The highest BCUT2D eigenvalue weighted by atomic mass is 32.2. The van der Waals surface area contributed by atoms with E-state index in [0.29, 0.717) is 22.0 Å². The Morgan fingerprint density at radius 2 is 2.19 bits per heavy atom. The molecule has 3 aliphatic rings. The standard InChI is InChI=1S/C9H7N2O3PS/c1-2-16-8-3(11-9(10)14-8)4-5-6-7(13-4)15(5,6)12/h2H2,1H3,(H2,10,11). The number of thioether (sulfide) groups is 1. The topological polar surface area (TPSA) is 82.3 Å². The van der Waals surface area contributed by atoms with Crippen LogP contribution in [-0.2, 0) is 4.57 Å². The lowest BCUT2D eigenvalue weighted by molar-refractivity contribution is 0.489. The third kappa shape index (κ3) is 0.791. The predicted molar refractivity (Wildman–Crippen MR) is 61.5 cm³/mol. The van der Waals surface area contributed by atoms with Crippen LogP contribution in [0.4, 0.5) is 6.01 Å². The highest BCUT2D eigenvalue weighted by Gasteiger charge is 2.75. The first-order valence-corrected chi connectivity index (χ1v) is 7.55. The smallest absolute Gasteiger partial charge is 0.293 e. The number of aromatic nitrogens is 1. The zero-order valence-electron chi connectivity index (χ0n) is 8.31. The highest BCUT2D eigenvalue weighted by Crippen LogP contribution is 2.70. The number of rotatable bonds is 3. The summed E-state index contributed by atoms with van der Waals surface area (Å²) in [6.07, 6.45) is 0. The number of hydrogen-bond acceptors (Lipinski definition) is 6. The summed E-state index contributed by atoms with van der Waals surface area (Å²) in [4.78, 5) is 4.09. The summed E-state index contributed by atoms with van der Waals surface area (Å²) in [6, 6.07) is 0.120. The predicted octanol–water partition coefficient (Wildman–Crippen LogP) is 0.895. The van der Waals surface area contributed by atoms with Crippen molar-refractivity contribution in [2.75, 3.05) is 11.5 Å². The van der Waals surface area contributed by atoms with Gasteiger partial charge in [-0.15, -0.1) is 0 Å². The van der Waals surface area contributed by atoms with Gasteiger partial charge in [0, 0.05) is 0 Å². The second kappa shape index (κ2) is 2.41. The molecule has 1 atom stereocenters. The molecule has 3 aliphatic heterocycles. The van der Waals surface area contributed by atoms with E-state index in [4.69, 9.17) is 14.6 Å². The summed E-state index contributed by atoms with van der Waals surface area (Å²) in [5.41, 5.74) is 6.80. The molecule has 82 valence electrons. The molecule has 5 heterocycles. The maximum Gasteiger partial charge on any atom is 0.293 e. The van der Waals surface area contributed by atoms with E-state index in [1.807, 2.05) is 6.92 Å². The number of fused-ring (bicyclic) bond motifs is 1. The first-order valence-electron chi connectivity index (χ1n) is 4.86. The SMILES string of the molecule is CCSc1oc(N)nc1-c1oc2c3c1P23=O. The molecule has 2 N–H and O–H groups in total. The van der Waals surface area contributed by atoms with Crippen LogP contribution in [0.2, 0.25) is 0 Å². The molecule has 0 spiro atoms. The summed E-state index contributed by atoms with van der Waals surface area (Å²) in [5, 5.41) is 2.42. The van der Waals surface area contributed by atoms with Gasteiger partial charge in [-0.25, -0.2) is 0 Å². The molecular weight excluding hydrogens is 247 g/mol. The van der Waals surface area contributed by atoms with Crippen LogP contribution in [0.15, 0.2) is 13.9 Å². The van der Waals surface area contributed by atoms with Crippen LogP contribution in [-0.4, -0.2) is 10.7 Å². The molecular formula is C9H7N2O3PS. The fraction of sp³-hybridized carbons (Fsp3) is 0.222. The number of nitrogen functional groups attached to an aromatic ring is 1. The van der Waals surface area contributed by atoms with Crippen molar-refractivity contribution >= 4 is 41.0 Å².